The number of fused-ring (bicyclic) bond motifs is 1. The number of aromatic nitrogens is 3. The average Bonchev–Trinajstić information content (AvgIpc) is 3.07. The molecule has 0 spiro atoms. The van der Waals surface area contributed by atoms with Gasteiger partial charge in [-0.2, -0.15) is 4.98 Å². The van der Waals surface area contributed by atoms with Crippen molar-refractivity contribution in [3.63, 3.8) is 0 Å². The monoisotopic (exact) mass is 342 g/mol. The van der Waals surface area contributed by atoms with Crippen LogP contribution in [0.4, 0.5) is 5.95 Å². The van der Waals surface area contributed by atoms with Gasteiger partial charge in [0, 0.05) is 29.6 Å². The lowest BCUT2D eigenvalue weighted by Gasteiger charge is -2.18. The summed E-state index contributed by atoms with van der Waals surface area (Å²) >= 11 is 0. The van der Waals surface area contributed by atoms with Gasteiger partial charge in [-0.15, -0.1) is 0 Å². The van der Waals surface area contributed by atoms with Crippen LogP contribution in [-0.4, -0.2) is 32.2 Å². The predicted molar refractivity (Wildman–Crippen MR) is 96.9 cm³/mol. The Kier molecular flexibility index (Phi) is 4.83. The van der Waals surface area contributed by atoms with E-state index < -0.39 is 5.97 Å². The van der Waals surface area contributed by atoms with Crippen LogP contribution in [0.3, 0.4) is 0 Å². The average molecular weight is 342 g/mol. The Hall–Kier alpha value is -2.70. The highest BCUT2D eigenvalue weighted by Gasteiger charge is 2.23. The van der Waals surface area contributed by atoms with E-state index in [1.807, 2.05) is 13.8 Å². The van der Waals surface area contributed by atoms with E-state index in [1.54, 1.807) is 10.6 Å². The van der Waals surface area contributed by atoms with Crippen molar-refractivity contribution in [2.24, 2.45) is 0 Å². The number of aryl methyl sites for hydroxylation is 1. The molecule has 0 radical (unpaired) electrons. The third-order valence-electron chi connectivity index (χ3n) is 4.54. The summed E-state index contributed by atoms with van der Waals surface area (Å²) in [4.78, 5) is 32.9. The Balaban J connectivity index is 2.29. The molecule has 7 nitrogen and oxygen atoms in total. The number of anilines is 1. The quantitative estimate of drug-likeness (QED) is 0.811. The van der Waals surface area contributed by atoms with Crippen molar-refractivity contribution in [3.8, 4) is 0 Å². The fourth-order valence-corrected chi connectivity index (χ4v) is 3.39. The molecule has 25 heavy (non-hydrogen) atoms. The van der Waals surface area contributed by atoms with E-state index in [0.29, 0.717) is 23.7 Å². The molecule has 132 valence electrons. The number of nitrogens with zero attached hydrogens (tertiary/aromatic N) is 3. The molecule has 1 aliphatic rings. The van der Waals surface area contributed by atoms with Gasteiger partial charge in [0.2, 0.25) is 5.95 Å². The van der Waals surface area contributed by atoms with Crippen LogP contribution in [0.15, 0.2) is 16.9 Å². The first kappa shape index (κ1) is 17.1. The summed E-state index contributed by atoms with van der Waals surface area (Å²) in [6.07, 6.45) is 6.37. The molecule has 3 rings (SSSR count). The number of carboxylic acid groups (broad SMARTS) is 1. The number of carboxylic acids is 1. The molecule has 2 aromatic heterocycles. The molecule has 0 bridgehead atoms. The number of rotatable bonds is 5. The summed E-state index contributed by atoms with van der Waals surface area (Å²) in [6.45, 7) is 4.53. The SMILES string of the molecule is CCNc1nc(C)c2cc(C=CC(=O)O)c(=O)n(C3CCCC3)c2n1. The number of hydrogen-bond acceptors (Lipinski definition) is 5. The maximum Gasteiger partial charge on any atom is 0.328 e. The normalized spacial score (nSPS) is 15.3. The summed E-state index contributed by atoms with van der Waals surface area (Å²) < 4.78 is 1.74. The molecule has 0 unspecified atom stereocenters. The van der Waals surface area contributed by atoms with Gasteiger partial charge in [0.25, 0.3) is 5.56 Å². The molecule has 2 heterocycles. The second-order valence-electron chi connectivity index (χ2n) is 6.28. The first-order valence-electron chi connectivity index (χ1n) is 8.60. The van der Waals surface area contributed by atoms with Crippen LogP contribution in [0.25, 0.3) is 17.1 Å². The fraction of sp³-hybridized carbons (Fsp3) is 0.444. The highest BCUT2D eigenvalue weighted by molar-refractivity contribution is 5.87. The van der Waals surface area contributed by atoms with Crippen LogP contribution in [0.2, 0.25) is 0 Å². The summed E-state index contributed by atoms with van der Waals surface area (Å²) in [5.74, 6) is -0.574. The lowest BCUT2D eigenvalue weighted by molar-refractivity contribution is -0.131. The largest absolute Gasteiger partial charge is 0.478 e. The molecule has 1 fully saturated rings. The van der Waals surface area contributed by atoms with Gasteiger partial charge in [-0.05, 0) is 38.8 Å². The zero-order valence-corrected chi connectivity index (χ0v) is 14.5. The highest BCUT2D eigenvalue weighted by atomic mass is 16.4. The molecule has 1 saturated carbocycles. The van der Waals surface area contributed by atoms with Crippen LogP contribution in [0, 0.1) is 6.92 Å². The van der Waals surface area contributed by atoms with Crippen molar-refractivity contribution in [3.05, 3.63) is 33.8 Å². The van der Waals surface area contributed by atoms with E-state index in [4.69, 9.17) is 5.11 Å². The Labute approximate surface area is 145 Å². The number of aliphatic carboxylic acids is 1. The van der Waals surface area contributed by atoms with Crippen molar-refractivity contribution < 1.29 is 9.90 Å². The van der Waals surface area contributed by atoms with E-state index >= 15 is 0 Å². The van der Waals surface area contributed by atoms with Crippen molar-refractivity contribution in [1.82, 2.24) is 14.5 Å². The standard InChI is InChI=1S/C18H22N4O3/c1-3-19-18-20-11(2)14-10-12(8-9-15(23)24)17(25)22(16(14)21-18)13-6-4-5-7-13/h8-10,13H,3-7H2,1-2H3,(H,23,24)(H,19,20,21). The summed E-state index contributed by atoms with van der Waals surface area (Å²) in [5.41, 5.74) is 1.53. The molecule has 0 aromatic carbocycles. The van der Waals surface area contributed by atoms with Gasteiger partial charge in [-0.1, -0.05) is 12.8 Å². The molecular weight excluding hydrogens is 320 g/mol. The molecule has 1 aliphatic carbocycles. The van der Waals surface area contributed by atoms with Gasteiger partial charge in [0.1, 0.15) is 5.65 Å². The van der Waals surface area contributed by atoms with Crippen LogP contribution >= 0.6 is 0 Å². The Morgan fingerprint density at radius 2 is 2.12 bits per heavy atom. The van der Waals surface area contributed by atoms with Crippen molar-refractivity contribution >= 4 is 29.0 Å². The number of carbonyl (C=O) groups is 1. The first-order chi connectivity index (χ1) is 12.0. The summed E-state index contributed by atoms with van der Waals surface area (Å²) in [6, 6.07) is 1.78. The number of pyridine rings is 1. The summed E-state index contributed by atoms with van der Waals surface area (Å²) in [5, 5.41) is 12.8. The summed E-state index contributed by atoms with van der Waals surface area (Å²) in [7, 11) is 0. The van der Waals surface area contributed by atoms with Gasteiger partial charge in [0.15, 0.2) is 0 Å². The zero-order valence-electron chi connectivity index (χ0n) is 14.5. The molecule has 0 atom stereocenters. The lowest BCUT2D eigenvalue weighted by atomic mass is 10.1. The first-order valence-corrected chi connectivity index (χ1v) is 8.60. The van der Waals surface area contributed by atoms with E-state index in [1.165, 1.54) is 6.08 Å². The molecular formula is C18H22N4O3. The molecule has 2 aromatic rings. The van der Waals surface area contributed by atoms with Crippen molar-refractivity contribution in [1.29, 1.82) is 0 Å². The number of hydrogen-bond donors (Lipinski definition) is 2. The van der Waals surface area contributed by atoms with Gasteiger partial charge in [-0.25, -0.2) is 9.78 Å². The zero-order chi connectivity index (χ0) is 18.0. The predicted octanol–water partition coefficient (Wildman–Crippen LogP) is 2.74. The third kappa shape index (κ3) is 3.40. The Bertz CT molecular complexity index is 895. The molecule has 0 amide bonds. The molecule has 0 aliphatic heterocycles. The molecule has 7 heteroatoms. The van der Waals surface area contributed by atoms with Gasteiger partial charge < -0.3 is 10.4 Å². The van der Waals surface area contributed by atoms with E-state index in [2.05, 4.69) is 15.3 Å². The minimum Gasteiger partial charge on any atom is -0.478 e. The number of nitrogens with one attached hydrogen (secondary N) is 1. The van der Waals surface area contributed by atoms with Gasteiger partial charge in [0.05, 0.1) is 5.69 Å². The Morgan fingerprint density at radius 1 is 1.40 bits per heavy atom. The maximum atomic E-state index is 13.0. The van der Waals surface area contributed by atoms with E-state index in [0.717, 1.165) is 42.8 Å². The topological polar surface area (TPSA) is 97.1 Å². The Morgan fingerprint density at radius 3 is 2.76 bits per heavy atom. The molecule has 2 N–H and O–H groups in total. The van der Waals surface area contributed by atoms with Crippen molar-refractivity contribution in [2.45, 2.75) is 45.6 Å². The van der Waals surface area contributed by atoms with Crippen LogP contribution < -0.4 is 10.9 Å². The van der Waals surface area contributed by atoms with Crippen molar-refractivity contribution in [2.75, 3.05) is 11.9 Å². The van der Waals surface area contributed by atoms with E-state index in [9.17, 15) is 9.59 Å². The van der Waals surface area contributed by atoms with Crippen LogP contribution in [0.5, 0.6) is 0 Å². The minimum absolute atomic E-state index is 0.0944. The second kappa shape index (κ2) is 7.04. The van der Waals surface area contributed by atoms with E-state index in [-0.39, 0.29) is 11.6 Å². The lowest BCUT2D eigenvalue weighted by Crippen LogP contribution is -2.27. The van der Waals surface area contributed by atoms with Crippen LogP contribution in [-0.2, 0) is 4.79 Å². The van der Waals surface area contributed by atoms with Crippen LogP contribution in [0.1, 0.15) is 49.9 Å². The second-order valence-corrected chi connectivity index (χ2v) is 6.28. The van der Waals surface area contributed by atoms with Gasteiger partial charge >= 0.3 is 5.97 Å². The molecule has 0 saturated heterocycles. The maximum absolute atomic E-state index is 13.0. The fourth-order valence-electron chi connectivity index (χ4n) is 3.39. The minimum atomic E-state index is -1.08. The third-order valence-corrected chi connectivity index (χ3v) is 4.54. The van der Waals surface area contributed by atoms with Gasteiger partial charge in [-0.3, -0.25) is 9.36 Å². The highest BCUT2D eigenvalue weighted by Crippen LogP contribution is 2.31. The smallest absolute Gasteiger partial charge is 0.328 e.